The SMILES string of the molecule is O=C(Cn1ccc2cc([N+](=O)[O-])ccc21)Nc1cccc(C2SCCS2)c1. The van der Waals surface area contributed by atoms with Gasteiger partial charge in [-0.15, -0.1) is 23.5 Å². The maximum atomic E-state index is 12.5. The van der Waals surface area contributed by atoms with E-state index < -0.39 is 4.92 Å². The van der Waals surface area contributed by atoms with Crippen molar-refractivity contribution in [2.75, 3.05) is 16.8 Å². The molecule has 0 spiro atoms. The van der Waals surface area contributed by atoms with Crippen molar-refractivity contribution in [2.24, 2.45) is 0 Å². The number of thioether (sulfide) groups is 2. The smallest absolute Gasteiger partial charge is 0.270 e. The molecule has 0 unspecified atom stereocenters. The highest BCUT2D eigenvalue weighted by Crippen LogP contribution is 2.45. The van der Waals surface area contributed by atoms with Crippen molar-refractivity contribution in [1.82, 2.24) is 4.57 Å². The van der Waals surface area contributed by atoms with E-state index >= 15 is 0 Å². The highest BCUT2D eigenvalue weighted by Gasteiger charge is 2.18. The first-order valence-electron chi connectivity index (χ1n) is 8.46. The van der Waals surface area contributed by atoms with Crippen LogP contribution in [0.5, 0.6) is 0 Å². The van der Waals surface area contributed by atoms with E-state index in [4.69, 9.17) is 0 Å². The highest BCUT2D eigenvalue weighted by molar-refractivity contribution is 8.19. The van der Waals surface area contributed by atoms with Crippen molar-refractivity contribution in [3.63, 3.8) is 0 Å². The van der Waals surface area contributed by atoms with Gasteiger partial charge >= 0.3 is 0 Å². The van der Waals surface area contributed by atoms with Gasteiger partial charge in [0.05, 0.1) is 9.51 Å². The van der Waals surface area contributed by atoms with Crippen LogP contribution in [0.4, 0.5) is 11.4 Å². The van der Waals surface area contributed by atoms with E-state index in [9.17, 15) is 14.9 Å². The van der Waals surface area contributed by atoms with Crippen LogP contribution in [-0.4, -0.2) is 26.9 Å². The number of rotatable bonds is 5. The van der Waals surface area contributed by atoms with Crippen LogP contribution in [-0.2, 0) is 11.3 Å². The first-order valence-corrected chi connectivity index (χ1v) is 10.6. The Kier molecular flexibility index (Phi) is 5.09. The number of fused-ring (bicyclic) bond motifs is 1. The summed E-state index contributed by atoms with van der Waals surface area (Å²) in [7, 11) is 0. The van der Waals surface area contributed by atoms with E-state index in [1.807, 2.05) is 41.7 Å². The second-order valence-electron chi connectivity index (χ2n) is 6.19. The molecular weight excluding hydrogens is 382 g/mol. The summed E-state index contributed by atoms with van der Waals surface area (Å²) in [6.45, 7) is 0.151. The molecule has 0 radical (unpaired) electrons. The van der Waals surface area contributed by atoms with E-state index in [-0.39, 0.29) is 18.1 Å². The van der Waals surface area contributed by atoms with Crippen molar-refractivity contribution in [3.8, 4) is 0 Å². The third-order valence-corrected chi connectivity index (χ3v) is 7.45. The van der Waals surface area contributed by atoms with Crippen LogP contribution < -0.4 is 5.32 Å². The van der Waals surface area contributed by atoms with Gasteiger partial charge in [-0.25, -0.2) is 0 Å². The lowest BCUT2D eigenvalue weighted by Gasteiger charge is -2.12. The number of hydrogen-bond donors (Lipinski definition) is 1. The van der Waals surface area contributed by atoms with Crippen LogP contribution in [0, 0.1) is 10.1 Å². The molecule has 1 saturated heterocycles. The molecule has 1 aromatic heterocycles. The minimum absolute atomic E-state index is 0.0455. The molecular formula is C19H17N3O3S2. The molecule has 2 aromatic carbocycles. The maximum Gasteiger partial charge on any atom is 0.270 e. The number of non-ortho nitro benzene ring substituents is 1. The minimum Gasteiger partial charge on any atom is -0.338 e. The number of nitrogens with one attached hydrogen (secondary N) is 1. The Morgan fingerprint density at radius 2 is 2.00 bits per heavy atom. The second kappa shape index (κ2) is 7.66. The fourth-order valence-electron chi connectivity index (χ4n) is 3.11. The number of benzene rings is 2. The zero-order valence-corrected chi connectivity index (χ0v) is 16.0. The average Bonchev–Trinajstić information content (AvgIpc) is 3.32. The lowest BCUT2D eigenvalue weighted by atomic mass is 10.2. The lowest BCUT2D eigenvalue weighted by Crippen LogP contribution is -2.18. The molecule has 3 aromatic rings. The van der Waals surface area contributed by atoms with E-state index in [0.29, 0.717) is 4.58 Å². The number of aromatic nitrogens is 1. The predicted octanol–water partition coefficient (Wildman–Crippen LogP) is 4.67. The van der Waals surface area contributed by atoms with Gasteiger partial charge in [-0.2, -0.15) is 0 Å². The van der Waals surface area contributed by atoms with Gasteiger partial charge in [0.2, 0.25) is 5.91 Å². The molecule has 0 bridgehead atoms. The van der Waals surface area contributed by atoms with Gasteiger partial charge in [0, 0.05) is 46.4 Å². The highest BCUT2D eigenvalue weighted by atomic mass is 32.2. The van der Waals surface area contributed by atoms with Crippen molar-refractivity contribution in [1.29, 1.82) is 0 Å². The molecule has 8 heteroatoms. The van der Waals surface area contributed by atoms with Crippen LogP contribution in [0.3, 0.4) is 0 Å². The van der Waals surface area contributed by atoms with Crippen LogP contribution >= 0.6 is 23.5 Å². The Bertz CT molecular complexity index is 1010. The average molecular weight is 399 g/mol. The Morgan fingerprint density at radius 3 is 2.78 bits per heavy atom. The molecule has 1 N–H and O–H groups in total. The summed E-state index contributed by atoms with van der Waals surface area (Å²) < 4.78 is 2.23. The molecule has 1 fully saturated rings. The molecule has 2 heterocycles. The number of nitrogens with zero attached hydrogens (tertiary/aromatic N) is 2. The molecule has 1 aliphatic heterocycles. The molecule has 138 valence electrons. The fourth-order valence-corrected chi connectivity index (χ4v) is 5.95. The molecule has 27 heavy (non-hydrogen) atoms. The zero-order chi connectivity index (χ0) is 18.8. The van der Waals surface area contributed by atoms with Crippen LogP contribution in [0.15, 0.2) is 54.7 Å². The number of nitro groups is 1. The molecule has 6 nitrogen and oxygen atoms in total. The molecule has 1 aliphatic rings. The van der Waals surface area contributed by atoms with Gasteiger partial charge in [-0.3, -0.25) is 14.9 Å². The maximum absolute atomic E-state index is 12.5. The van der Waals surface area contributed by atoms with Gasteiger partial charge in [0.1, 0.15) is 6.54 Å². The third kappa shape index (κ3) is 3.96. The number of carbonyl (C=O) groups excluding carboxylic acids is 1. The van der Waals surface area contributed by atoms with Crippen LogP contribution in [0.1, 0.15) is 10.1 Å². The van der Waals surface area contributed by atoms with Gasteiger partial charge in [-0.1, -0.05) is 12.1 Å². The van der Waals surface area contributed by atoms with Gasteiger partial charge in [0.15, 0.2) is 0 Å². The monoisotopic (exact) mass is 399 g/mol. The van der Waals surface area contributed by atoms with Gasteiger partial charge in [0.25, 0.3) is 5.69 Å². The number of nitro benzene ring substituents is 1. The summed E-state index contributed by atoms with van der Waals surface area (Å²) in [5, 5.41) is 14.6. The van der Waals surface area contributed by atoms with Crippen LogP contribution in [0.2, 0.25) is 0 Å². The normalized spacial score (nSPS) is 14.5. The number of anilines is 1. The summed E-state index contributed by atoms with van der Waals surface area (Å²) in [5.74, 6) is 2.19. The van der Waals surface area contributed by atoms with Crippen molar-refractivity contribution >= 4 is 51.7 Å². The third-order valence-electron chi connectivity index (χ3n) is 4.34. The fraction of sp³-hybridized carbons (Fsp3) is 0.211. The van der Waals surface area contributed by atoms with E-state index in [2.05, 4.69) is 11.4 Å². The lowest BCUT2D eigenvalue weighted by molar-refractivity contribution is -0.384. The van der Waals surface area contributed by atoms with Gasteiger partial charge in [-0.05, 0) is 29.8 Å². The minimum atomic E-state index is -0.419. The van der Waals surface area contributed by atoms with E-state index in [1.54, 1.807) is 22.9 Å². The van der Waals surface area contributed by atoms with Crippen LogP contribution in [0.25, 0.3) is 10.9 Å². The van der Waals surface area contributed by atoms with Crippen molar-refractivity contribution in [2.45, 2.75) is 11.1 Å². The Labute approximate surface area is 164 Å². The predicted molar refractivity (Wildman–Crippen MR) is 111 cm³/mol. The molecule has 0 saturated carbocycles. The Hall–Kier alpha value is -2.45. The number of carbonyl (C=O) groups is 1. The first-order chi connectivity index (χ1) is 13.1. The summed E-state index contributed by atoms with van der Waals surface area (Å²) in [4.78, 5) is 22.9. The topological polar surface area (TPSA) is 77.2 Å². The van der Waals surface area contributed by atoms with E-state index in [1.165, 1.54) is 17.7 Å². The van der Waals surface area contributed by atoms with Gasteiger partial charge < -0.3 is 9.88 Å². The molecule has 0 atom stereocenters. The molecule has 4 rings (SSSR count). The number of amides is 1. The Morgan fingerprint density at radius 1 is 1.19 bits per heavy atom. The summed E-state index contributed by atoms with van der Waals surface area (Å²) >= 11 is 3.86. The standard InChI is InChI=1S/C19H17N3O3S2/c23-18(20-15-3-1-2-14(10-15)19-26-8-9-27-19)12-21-7-6-13-11-16(22(24)25)4-5-17(13)21/h1-7,10-11,19H,8-9,12H2,(H,20,23). The summed E-state index contributed by atoms with van der Waals surface area (Å²) in [6, 6.07) is 14.4. The second-order valence-corrected chi connectivity index (χ2v) is 8.92. The Balaban J connectivity index is 1.47. The molecule has 0 aliphatic carbocycles. The number of hydrogen-bond acceptors (Lipinski definition) is 5. The van der Waals surface area contributed by atoms with E-state index in [0.717, 1.165) is 28.1 Å². The summed E-state index contributed by atoms with van der Waals surface area (Å²) in [5.41, 5.74) is 2.85. The first kappa shape index (κ1) is 17.9. The largest absolute Gasteiger partial charge is 0.338 e. The van der Waals surface area contributed by atoms with Crippen molar-refractivity contribution < 1.29 is 9.72 Å². The quantitative estimate of drug-likeness (QED) is 0.498. The molecule has 1 amide bonds. The summed E-state index contributed by atoms with van der Waals surface area (Å²) in [6.07, 6.45) is 1.77. The van der Waals surface area contributed by atoms with Crippen molar-refractivity contribution in [3.05, 3.63) is 70.4 Å². The zero-order valence-electron chi connectivity index (χ0n) is 14.3.